The zero-order valence-corrected chi connectivity index (χ0v) is 16.1. The minimum Gasteiger partial charge on any atom is -0.497 e. The van der Waals surface area contributed by atoms with E-state index in [1.165, 1.54) is 17.5 Å². The molecule has 1 aliphatic heterocycles. The van der Waals surface area contributed by atoms with Crippen LogP contribution in [-0.2, 0) is 10.0 Å². The Morgan fingerprint density at radius 3 is 2.93 bits per heavy atom. The third kappa shape index (κ3) is 3.48. The highest BCUT2D eigenvalue weighted by Crippen LogP contribution is 2.35. The van der Waals surface area contributed by atoms with Crippen LogP contribution < -0.4 is 4.74 Å². The van der Waals surface area contributed by atoms with Gasteiger partial charge in [0.15, 0.2) is 0 Å². The standard InChI is InChI=1S/C18H20N6O3S/c1-27-13-5-4-6-14(11-13)28(25,26)24-10-3-2-7-16(24)18-21-17(22-23-18)15-12-19-8-9-20-15/h4-6,8-9,11-12,16H,2-3,7,10H2,1H3,(H,21,22,23). The Hall–Kier alpha value is -2.85. The third-order valence-electron chi connectivity index (χ3n) is 4.71. The van der Waals surface area contributed by atoms with E-state index in [0.717, 1.165) is 12.8 Å². The highest BCUT2D eigenvalue weighted by atomic mass is 32.2. The second-order valence-electron chi connectivity index (χ2n) is 6.44. The summed E-state index contributed by atoms with van der Waals surface area (Å²) in [5, 5.41) is 7.09. The minimum absolute atomic E-state index is 0.201. The number of methoxy groups -OCH3 is 1. The van der Waals surface area contributed by atoms with Gasteiger partial charge in [-0.05, 0) is 25.0 Å². The molecule has 2 aromatic heterocycles. The lowest BCUT2D eigenvalue weighted by molar-refractivity contribution is 0.247. The summed E-state index contributed by atoms with van der Waals surface area (Å²) in [5.41, 5.74) is 0.531. The van der Waals surface area contributed by atoms with Gasteiger partial charge in [-0.25, -0.2) is 18.4 Å². The highest BCUT2D eigenvalue weighted by molar-refractivity contribution is 7.89. The van der Waals surface area contributed by atoms with Gasteiger partial charge in [0, 0.05) is 25.0 Å². The zero-order valence-electron chi connectivity index (χ0n) is 15.3. The number of benzene rings is 1. The molecular weight excluding hydrogens is 380 g/mol. The fourth-order valence-corrected chi connectivity index (χ4v) is 5.01. The maximum atomic E-state index is 13.3. The zero-order chi connectivity index (χ0) is 19.6. The molecule has 0 radical (unpaired) electrons. The fraction of sp³-hybridized carbons (Fsp3) is 0.333. The lowest BCUT2D eigenvalue weighted by Crippen LogP contribution is -2.39. The molecule has 0 bridgehead atoms. The van der Waals surface area contributed by atoms with Crippen molar-refractivity contribution < 1.29 is 13.2 Å². The Morgan fingerprint density at radius 1 is 1.25 bits per heavy atom. The van der Waals surface area contributed by atoms with Crippen molar-refractivity contribution in [2.45, 2.75) is 30.2 Å². The van der Waals surface area contributed by atoms with Crippen molar-refractivity contribution in [3.63, 3.8) is 0 Å². The van der Waals surface area contributed by atoms with Crippen LogP contribution in [0.2, 0.25) is 0 Å². The van der Waals surface area contributed by atoms with E-state index in [9.17, 15) is 8.42 Å². The van der Waals surface area contributed by atoms with Crippen molar-refractivity contribution in [2.24, 2.45) is 0 Å². The summed E-state index contributed by atoms with van der Waals surface area (Å²) in [6, 6.07) is 6.09. The van der Waals surface area contributed by atoms with Gasteiger partial charge in [-0.2, -0.15) is 9.40 Å². The Bertz CT molecular complexity index is 1050. The molecule has 10 heteroatoms. The number of ether oxygens (including phenoxy) is 1. The number of aromatic nitrogens is 5. The van der Waals surface area contributed by atoms with E-state index in [4.69, 9.17) is 4.74 Å². The number of sulfonamides is 1. The molecule has 0 spiro atoms. The molecule has 9 nitrogen and oxygen atoms in total. The molecule has 1 N–H and O–H groups in total. The molecule has 1 saturated heterocycles. The molecule has 0 aliphatic carbocycles. The number of nitrogens with one attached hydrogen (secondary N) is 1. The summed E-state index contributed by atoms with van der Waals surface area (Å²) >= 11 is 0. The van der Waals surface area contributed by atoms with Crippen LogP contribution in [0.3, 0.4) is 0 Å². The molecule has 3 heterocycles. The predicted molar refractivity (Wildman–Crippen MR) is 101 cm³/mol. The van der Waals surface area contributed by atoms with Crippen molar-refractivity contribution >= 4 is 10.0 Å². The second kappa shape index (κ2) is 7.64. The Balaban J connectivity index is 1.68. The SMILES string of the molecule is COc1cccc(S(=O)(=O)N2CCCCC2c2nc(-c3cnccn3)n[nH]2)c1. The van der Waals surface area contributed by atoms with E-state index >= 15 is 0 Å². The summed E-state index contributed by atoms with van der Waals surface area (Å²) in [6.45, 7) is 0.422. The topological polar surface area (TPSA) is 114 Å². The monoisotopic (exact) mass is 400 g/mol. The van der Waals surface area contributed by atoms with Gasteiger partial charge in [0.2, 0.25) is 15.8 Å². The summed E-state index contributed by atoms with van der Waals surface area (Å²) in [5.74, 6) is 1.40. The average molecular weight is 400 g/mol. The van der Waals surface area contributed by atoms with Crippen molar-refractivity contribution in [1.82, 2.24) is 29.5 Å². The summed E-state index contributed by atoms with van der Waals surface area (Å²) in [7, 11) is -2.20. The lowest BCUT2D eigenvalue weighted by Gasteiger charge is -2.33. The lowest BCUT2D eigenvalue weighted by atomic mass is 10.0. The van der Waals surface area contributed by atoms with Crippen LogP contribution in [-0.4, -0.2) is 51.5 Å². The highest BCUT2D eigenvalue weighted by Gasteiger charge is 2.36. The number of piperidine rings is 1. The van der Waals surface area contributed by atoms with Crippen molar-refractivity contribution in [2.75, 3.05) is 13.7 Å². The van der Waals surface area contributed by atoms with Crippen LogP contribution in [0.15, 0.2) is 47.8 Å². The van der Waals surface area contributed by atoms with E-state index in [0.29, 0.717) is 36.1 Å². The molecule has 1 atom stereocenters. The summed E-state index contributed by atoms with van der Waals surface area (Å²) in [6.07, 6.45) is 7.07. The Morgan fingerprint density at radius 2 is 2.14 bits per heavy atom. The first kappa shape index (κ1) is 18.5. The van der Waals surface area contributed by atoms with Crippen LogP contribution in [0.5, 0.6) is 5.75 Å². The van der Waals surface area contributed by atoms with E-state index in [2.05, 4.69) is 25.1 Å². The molecular formula is C18H20N6O3S. The van der Waals surface area contributed by atoms with E-state index in [1.807, 2.05) is 0 Å². The molecule has 0 amide bonds. The van der Waals surface area contributed by atoms with Gasteiger partial charge < -0.3 is 4.74 Å². The van der Waals surface area contributed by atoms with Crippen molar-refractivity contribution in [1.29, 1.82) is 0 Å². The number of rotatable bonds is 5. The van der Waals surface area contributed by atoms with Gasteiger partial charge in [0.1, 0.15) is 17.3 Å². The third-order valence-corrected chi connectivity index (χ3v) is 6.62. The smallest absolute Gasteiger partial charge is 0.243 e. The number of hydrogen-bond acceptors (Lipinski definition) is 7. The molecule has 1 aliphatic rings. The van der Waals surface area contributed by atoms with E-state index in [1.54, 1.807) is 36.8 Å². The molecule has 28 heavy (non-hydrogen) atoms. The van der Waals surface area contributed by atoms with Gasteiger partial charge in [-0.3, -0.25) is 10.1 Å². The number of H-pyrrole nitrogens is 1. The van der Waals surface area contributed by atoms with Crippen LogP contribution in [0.4, 0.5) is 0 Å². The first-order valence-corrected chi connectivity index (χ1v) is 10.4. The van der Waals surface area contributed by atoms with Crippen LogP contribution in [0, 0.1) is 0 Å². The van der Waals surface area contributed by atoms with Crippen LogP contribution in [0.1, 0.15) is 31.1 Å². The van der Waals surface area contributed by atoms with Gasteiger partial charge in [0.05, 0.1) is 24.2 Å². The molecule has 1 unspecified atom stereocenters. The molecule has 0 saturated carbocycles. The molecule has 1 aromatic carbocycles. The Kier molecular flexibility index (Phi) is 5.05. The molecule has 3 aromatic rings. The summed E-state index contributed by atoms with van der Waals surface area (Å²) in [4.78, 5) is 12.9. The largest absolute Gasteiger partial charge is 0.497 e. The number of hydrogen-bond donors (Lipinski definition) is 1. The van der Waals surface area contributed by atoms with Crippen molar-refractivity contribution in [3.05, 3.63) is 48.7 Å². The first-order valence-electron chi connectivity index (χ1n) is 8.94. The molecule has 4 rings (SSSR count). The van der Waals surface area contributed by atoms with Crippen LogP contribution >= 0.6 is 0 Å². The van der Waals surface area contributed by atoms with E-state index in [-0.39, 0.29) is 4.90 Å². The van der Waals surface area contributed by atoms with Gasteiger partial charge in [-0.1, -0.05) is 12.5 Å². The van der Waals surface area contributed by atoms with E-state index < -0.39 is 16.1 Å². The maximum Gasteiger partial charge on any atom is 0.243 e. The predicted octanol–water partition coefficient (Wildman–Crippen LogP) is 2.19. The second-order valence-corrected chi connectivity index (χ2v) is 8.33. The maximum absolute atomic E-state index is 13.3. The number of aromatic amines is 1. The Labute approximate surface area is 162 Å². The van der Waals surface area contributed by atoms with Gasteiger partial charge in [0.25, 0.3) is 0 Å². The minimum atomic E-state index is -3.71. The fourth-order valence-electron chi connectivity index (χ4n) is 3.32. The van der Waals surface area contributed by atoms with Crippen molar-refractivity contribution in [3.8, 4) is 17.3 Å². The summed E-state index contributed by atoms with van der Waals surface area (Å²) < 4.78 is 33.3. The van der Waals surface area contributed by atoms with Gasteiger partial charge in [-0.15, -0.1) is 0 Å². The quantitative estimate of drug-likeness (QED) is 0.698. The molecule has 1 fully saturated rings. The molecule has 146 valence electrons. The average Bonchev–Trinajstić information content (AvgIpc) is 3.24. The van der Waals surface area contributed by atoms with Gasteiger partial charge >= 0.3 is 0 Å². The first-order chi connectivity index (χ1) is 13.6. The normalized spacial score (nSPS) is 18.1. The van der Waals surface area contributed by atoms with Crippen LogP contribution in [0.25, 0.3) is 11.5 Å². The number of nitrogens with zero attached hydrogens (tertiary/aromatic N) is 5.